The van der Waals surface area contributed by atoms with Crippen molar-refractivity contribution >= 4 is 11.9 Å². The molecule has 3 aliphatic rings. The second kappa shape index (κ2) is 11.1. The van der Waals surface area contributed by atoms with E-state index in [1.165, 1.54) is 0 Å². The monoisotopic (exact) mass is 439 g/mol. The number of halogens is 1. The molecule has 4 atom stereocenters. The van der Waals surface area contributed by atoms with Gasteiger partial charge in [-0.15, -0.1) is 0 Å². The summed E-state index contributed by atoms with van der Waals surface area (Å²) in [6, 6.07) is 0.311. The van der Waals surface area contributed by atoms with Gasteiger partial charge in [-0.2, -0.15) is 0 Å². The van der Waals surface area contributed by atoms with Crippen molar-refractivity contribution in [3.63, 3.8) is 0 Å². The Labute approximate surface area is 186 Å². The zero-order valence-electron chi connectivity index (χ0n) is 19.7. The van der Waals surface area contributed by atoms with Gasteiger partial charge in [0.1, 0.15) is 6.17 Å². The third kappa shape index (κ3) is 7.68. The fourth-order valence-electron chi connectivity index (χ4n) is 4.88. The fourth-order valence-corrected chi connectivity index (χ4v) is 4.88. The first kappa shape index (κ1) is 24.4. The first-order chi connectivity index (χ1) is 14.7. The van der Waals surface area contributed by atoms with Crippen molar-refractivity contribution in [2.24, 2.45) is 22.2 Å². The van der Waals surface area contributed by atoms with Gasteiger partial charge >= 0.3 is 0 Å². The van der Waals surface area contributed by atoms with Crippen LogP contribution < -0.4 is 21.5 Å². The number of guanidine groups is 1. The summed E-state index contributed by atoms with van der Waals surface area (Å²) in [4.78, 5) is 17.7. The molecular formula is C23H42FN5O2. The zero-order chi connectivity index (χ0) is 22.4. The summed E-state index contributed by atoms with van der Waals surface area (Å²) < 4.78 is 19.0. The molecule has 0 aromatic rings. The number of hydrogen-bond donors (Lipinski definition) is 4. The Balaban J connectivity index is 1.57. The average Bonchev–Trinajstić information content (AvgIpc) is 3.20. The predicted octanol–water partition coefficient (Wildman–Crippen LogP) is 3.02. The van der Waals surface area contributed by atoms with Gasteiger partial charge in [-0.1, -0.05) is 27.2 Å². The molecule has 1 saturated heterocycles. The molecule has 1 amide bonds. The van der Waals surface area contributed by atoms with Gasteiger partial charge < -0.3 is 10.1 Å². The average molecular weight is 440 g/mol. The number of carbonyl (C=O) groups is 1. The number of ether oxygens (including phenoxy) is 1. The highest BCUT2D eigenvalue weighted by Gasteiger charge is 2.34. The van der Waals surface area contributed by atoms with Gasteiger partial charge in [-0.3, -0.25) is 20.5 Å². The van der Waals surface area contributed by atoms with Crippen LogP contribution in [0.5, 0.6) is 0 Å². The summed E-state index contributed by atoms with van der Waals surface area (Å²) in [5.74, 6) is 1.00. The highest BCUT2D eigenvalue weighted by atomic mass is 19.1. The SMILES string of the molecule is COC1CCCC(C(=O)NC(=NCC(C)(C)C)NC2CC(C3CCC(F)CC3)NN2)C1. The van der Waals surface area contributed by atoms with Crippen LogP contribution in [0, 0.1) is 17.3 Å². The van der Waals surface area contributed by atoms with E-state index in [9.17, 15) is 9.18 Å². The number of amides is 1. The normalized spacial score (nSPS) is 35.1. The topological polar surface area (TPSA) is 86.8 Å². The number of hydrogen-bond acceptors (Lipinski definition) is 5. The summed E-state index contributed by atoms with van der Waals surface area (Å²) in [5, 5.41) is 6.46. The van der Waals surface area contributed by atoms with Crippen LogP contribution in [-0.2, 0) is 9.53 Å². The van der Waals surface area contributed by atoms with E-state index in [0.29, 0.717) is 37.3 Å². The molecule has 0 aromatic carbocycles. The highest BCUT2D eigenvalue weighted by Crippen LogP contribution is 2.31. The molecule has 0 aromatic heterocycles. The maximum atomic E-state index is 13.5. The van der Waals surface area contributed by atoms with Crippen LogP contribution in [0.1, 0.15) is 78.6 Å². The lowest BCUT2D eigenvalue weighted by Gasteiger charge is -2.29. The van der Waals surface area contributed by atoms with E-state index in [0.717, 1.165) is 44.9 Å². The minimum Gasteiger partial charge on any atom is -0.381 e. The van der Waals surface area contributed by atoms with E-state index >= 15 is 0 Å². The lowest BCUT2D eigenvalue weighted by atomic mass is 9.82. The summed E-state index contributed by atoms with van der Waals surface area (Å²) in [7, 11) is 1.72. The van der Waals surface area contributed by atoms with Crippen LogP contribution in [0.25, 0.3) is 0 Å². The first-order valence-corrected chi connectivity index (χ1v) is 12.0. The number of rotatable bonds is 5. The standard InChI is InChI=1S/C23H42FN5O2/c1-23(2,3)14-25-22(27-21(30)16-6-5-7-18(12-16)31-4)26-20-13-19(28-29-20)15-8-10-17(24)11-9-15/h15-20,28-29H,5-14H2,1-4H3,(H2,25,26,27,30). The molecular weight excluding hydrogens is 397 g/mol. The number of methoxy groups -OCH3 is 1. The van der Waals surface area contributed by atoms with Gasteiger partial charge in [0.25, 0.3) is 0 Å². The number of nitrogens with zero attached hydrogens (tertiary/aromatic N) is 1. The van der Waals surface area contributed by atoms with E-state index in [4.69, 9.17) is 9.73 Å². The van der Waals surface area contributed by atoms with Crippen LogP contribution in [0.3, 0.4) is 0 Å². The van der Waals surface area contributed by atoms with Gasteiger partial charge in [0, 0.05) is 25.6 Å². The smallest absolute Gasteiger partial charge is 0.229 e. The molecule has 7 nitrogen and oxygen atoms in total. The zero-order valence-corrected chi connectivity index (χ0v) is 19.7. The second-order valence-corrected chi connectivity index (χ2v) is 10.8. The Hall–Kier alpha value is -1.25. The van der Waals surface area contributed by atoms with E-state index in [1.807, 2.05) is 0 Å². The molecule has 178 valence electrons. The Bertz CT molecular complexity index is 616. The van der Waals surface area contributed by atoms with E-state index in [2.05, 4.69) is 42.3 Å². The molecule has 2 saturated carbocycles. The van der Waals surface area contributed by atoms with E-state index in [1.54, 1.807) is 7.11 Å². The van der Waals surface area contributed by atoms with Crippen LogP contribution in [-0.4, -0.2) is 50.0 Å². The maximum Gasteiger partial charge on any atom is 0.229 e. The number of carbonyl (C=O) groups excluding carboxylic acids is 1. The molecule has 3 fully saturated rings. The molecule has 0 bridgehead atoms. The molecule has 8 heteroatoms. The Morgan fingerprint density at radius 1 is 1.10 bits per heavy atom. The summed E-state index contributed by atoms with van der Waals surface area (Å²) in [5.41, 5.74) is 6.71. The molecule has 4 unspecified atom stereocenters. The molecule has 31 heavy (non-hydrogen) atoms. The Kier molecular flexibility index (Phi) is 8.70. The van der Waals surface area contributed by atoms with Gasteiger partial charge in [0.05, 0.1) is 12.3 Å². The van der Waals surface area contributed by atoms with Gasteiger partial charge in [0.2, 0.25) is 5.91 Å². The number of alkyl halides is 1. The second-order valence-electron chi connectivity index (χ2n) is 10.8. The van der Waals surface area contributed by atoms with E-state index < -0.39 is 6.17 Å². The van der Waals surface area contributed by atoms with Crippen LogP contribution >= 0.6 is 0 Å². The third-order valence-electron chi connectivity index (χ3n) is 6.80. The van der Waals surface area contributed by atoms with Crippen molar-refractivity contribution in [1.29, 1.82) is 0 Å². The molecule has 4 N–H and O–H groups in total. The van der Waals surface area contributed by atoms with Gasteiger partial charge in [-0.25, -0.2) is 9.82 Å². The Morgan fingerprint density at radius 3 is 2.52 bits per heavy atom. The van der Waals surface area contributed by atoms with Crippen LogP contribution in [0.4, 0.5) is 4.39 Å². The van der Waals surface area contributed by atoms with E-state index in [-0.39, 0.29) is 29.5 Å². The largest absolute Gasteiger partial charge is 0.381 e. The number of hydrazine groups is 1. The predicted molar refractivity (Wildman–Crippen MR) is 121 cm³/mol. The molecule has 2 aliphatic carbocycles. The lowest BCUT2D eigenvalue weighted by molar-refractivity contribution is -0.126. The lowest BCUT2D eigenvalue weighted by Crippen LogP contribution is -2.52. The highest BCUT2D eigenvalue weighted by molar-refractivity contribution is 5.98. The summed E-state index contributed by atoms with van der Waals surface area (Å²) >= 11 is 0. The summed E-state index contributed by atoms with van der Waals surface area (Å²) in [6.07, 6.45) is 7.25. The number of aliphatic imine (C=N–C) groups is 1. The van der Waals surface area contributed by atoms with Crippen molar-refractivity contribution in [3.8, 4) is 0 Å². The van der Waals surface area contributed by atoms with Crippen LogP contribution in [0.2, 0.25) is 0 Å². The van der Waals surface area contributed by atoms with Crippen molar-refractivity contribution in [2.75, 3.05) is 13.7 Å². The van der Waals surface area contributed by atoms with Crippen LogP contribution in [0.15, 0.2) is 4.99 Å². The van der Waals surface area contributed by atoms with Crippen molar-refractivity contribution in [2.45, 2.75) is 103 Å². The van der Waals surface area contributed by atoms with Crippen molar-refractivity contribution in [1.82, 2.24) is 21.5 Å². The quantitative estimate of drug-likeness (QED) is 0.391. The molecule has 0 radical (unpaired) electrons. The summed E-state index contributed by atoms with van der Waals surface area (Å²) in [6.45, 7) is 7.01. The van der Waals surface area contributed by atoms with Crippen molar-refractivity contribution < 1.29 is 13.9 Å². The minimum absolute atomic E-state index is 0.0192. The Morgan fingerprint density at radius 2 is 1.84 bits per heavy atom. The third-order valence-corrected chi connectivity index (χ3v) is 6.80. The molecule has 1 heterocycles. The molecule has 0 spiro atoms. The molecule has 3 rings (SSSR count). The van der Waals surface area contributed by atoms with Gasteiger partial charge in [0.15, 0.2) is 5.96 Å². The minimum atomic E-state index is -0.636. The van der Waals surface area contributed by atoms with Crippen molar-refractivity contribution in [3.05, 3.63) is 0 Å². The van der Waals surface area contributed by atoms with Gasteiger partial charge in [-0.05, 0) is 62.7 Å². The first-order valence-electron chi connectivity index (χ1n) is 12.0. The fraction of sp³-hybridized carbons (Fsp3) is 0.913. The maximum absolute atomic E-state index is 13.5. The molecule has 1 aliphatic heterocycles. The number of nitrogens with one attached hydrogen (secondary N) is 4.